The lowest BCUT2D eigenvalue weighted by molar-refractivity contribution is -0.140. The molecule has 1 aromatic rings. The van der Waals surface area contributed by atoms with Crippen molar-refractivity contribution in [1.82, 2.24) is 9.80 Å². The fraction of sp³-hybridized carbons (Fsp3) is 0.600. The average molecular weight is 359 g/mol. The van der Waals surface area contributed by atoms with Crippen LogP contribution in [0.5, 0.6) is 0 Å². The Labute approximate surface area is 155 Å². The van der Waals surface area contributed by atoms with Gasteiger partial charge < -0.3 is 15.4 Å². The Morgan fingerprint density at radius 3 is 2.96 bits per heavy atom. The molecule has 2 atom stereocenters. The van der Waals surface area contributed by atoms with Crippen molar-refractivity contribution in [3.05, 3.63) is 35.4 Å². The fourth-order valence-electron chi connectivity index (χ4n) is 4.14. The van der Waals surface area contributed by atoms with Crippen LogP contribution >= 0.6 is 0 Å². The van der Waals surface area contributed by atoms with Crippen LogP contribution in [0.15, 0.2) is 24.3 Å². The third-order valence-electron chi connectivity index (χ3n) is 5.35. The summed E-state index contributed by atoms with van der Waals surface area (Å²) in [6.45, 7) is 2.56. The van der Waals surface area contributed by atoms with Gasteiger partial charge in [-0.25, -0.2) is 0 Å². The summed E-state index contributed by atoms with van der Waals surface area (Å²) < 4.78 is 5.77. The van der Waals surface area contributed by atoms with Crippen LogP contribution in [0.1, 0.15) is 36.3 Å². The summed E-state index contributed by atoms with van der Waals surface area (Å²) in [4.78, 5) is 27.7. The molecule has 1 heterocycles. The molecule has 26 heavy (non-hydrogen) atoms. The summed E-state index contributed by atoms with van der Waals surface area (Å²) >= 11 is 0. The molecule has 1 aromatic carbocycles. The van der Waals surface area contributed by atoms with Crippen LogP contribution < -0.4 is 5.73 Å². The molecule has 0 radical (unpaired) electrons. The highest BCUT2D eigenvalue weighted by atomic mass is 16.5. The van der Waals surface area contributed by atoms with Gasteiger partial charge in [0.25, 0.3) is 0 Å². The normalized spacial score (nSPS) is 22.9. The van der Waals surface area contributed by atoms with Crippen LogP contribution in [-0.2, 0) is 20.7 Å². The molecule has 1 fully saturated rings. The highest BCUT2D eigenvalue weighted by molar-refractivity contribution is 5.77. The molecule has 0 aromatic heterocycles. The SMILES string of the molecule is CN(CC(N)=O)CC1CN(C(=O)CC2CCCc3ccccc32)CCO1. The molecule has 3 rings (SSSR count). The number of morpholine rings is 1. The fourth-order valence-corrected chi connectivity index (χ4v) is 4.14. The Balaban J connectivity index is 1.56. The third-order valence-corrected chi connectivity index (χ3v) is 5.35. The maximum atomic E-state index is 12.9. The minimum atomic E-state index is -0.354. The summed E-state index contributed by atoms with van der Waals surface area (Å²) in [7, 11) is 1.84. The zero-order valence-electron chi connectivity index (χ0n) is 15.5. The summed E-state index contributed by atoms with van der Waals surface area (Å²) in [5.41, 5.74) is 7.97. The number of amides is 2. The van der Waals surface area contributed by atoms with Gasteiger partial charge in [-0.1, -0.05) is 24.3 Å². The maximum absolute atomic E-state index is 12.9. The number of likely N-dealkylation sites (N-methyl/N-ethyl adjacent to an activating group) is 1. The molecule has 0 spiro atoms. The van der Waals surface area contributed by atoms with Gasteiger partial charge in [-0.2, -0.15) is 0 Å². The minimum Gasteiger partial charge on any atom is -0.373 e. The van der Waals surface area contributed by atoms with E-state index in [1.54, 1.807) is 0 Å². The van der Waals surface area contributed by atoms with Gasteiger partial charge in [0.05, 0.1) is 19.3 Å². The molecule has 6 heteroatoms. The molecule has 142 valence electrons. The summed E-state index contributed by atoms with van der Waals surface area (Å²) in [6.07, 6.45) is 3.85. The van der Waals surface area contributed by atoms with Crippen LogP contribution in [0.25, 0.3) is 0 Å². The Morgan fingerprint density at radius 1 is 1.35 bits per heavy atom. The molecule has 6 nitrogen and oxygen atoms in total. The number of aryl methyl sites for hydroxylation is 1. The van der Waals surface area contributed by atoms with E-state index >= 15 is 0 Å². The first kappa shape index (κ1) is 18.9. The highest BCUT2D eigenvalue weighted by Crippen LogP contribution is 2.34. The van der Waals surface area contributed by atoms with E-state index in [-0.39, 0.29) is 24.5 Å². The van der Waals surface area contributed by atoms with Crippen molar-refractivity contribution in [2.75, 3.05) is 39.8 Å². The summed E-state index contributed by atoms with van der Waals surface area (Å²) in [5.74, 6) is 0.177. The van der Waals surface area contributed by atoms with Crippen molar-refractivity contribution in [2.24, 2.45) is 5.73 Å². The van der Waals surface area contributed by atoms with E-state index in [4.69, 9.17) is 10.5 Å². The molecule has 1 aliphatic carbocycles. The van der Waals surface area contributed by atoms with Crippen LogP contribution in [0.4, 0.5) is 0 Å². The zero-order valence-corrected chi connectivity index (χ0v) is 15.5. The first-order valence-corrected chi connectivity index (χ1v) is 9.47. The quantitative estimate of drug-likeness (QED) is 0.826. The lowest BCUT2D eigenvalue weighted by atomic mass is 9.81. The summed E-state index contributed by atoms with van der Waals surface area (Å²) in [5, 5.41) is 0. The summed E-state index contributed by atoms with van der Waals surface area (Å²) in [6, 6.07) is 8.51. The van der Waals surface area contributed by atoms with Crippen LogP contribution in [-0.4, -0.2) is 67.6 Å². The van der Waals surface area contributed by atoms with Gasteiger partial charge in [-0.05, 0) is 43.4 Å². The Hall–Kier alpha value is -1.92. The number of ether oxygens (including phenoxy) is 1. The molecule has 2 aliphatic rings. The smallest absolute Gasteiger partial charge is 0.231 e. The predicted molar refractivity (Wildman–Crippen MR) is 99.7 cm³/mol. The van der Waals surface area contributed by atoms with Crippen LogP contribution in [0.2, 0.25) is 0 Å². The minimum absolute atomic E-state index is 0.0734. The Kier molecular flexibility index (Phi) is 6.27. The lowest BCUT2D eigenvalue weighted by Gasteiger charge is -2.36. The van der Waals surface area contributed by atoms with Crippen molar-refractivity contribution < 1.29 is 14.3 Å². The monoisotopic (exact) mass is 359 g/mol. The van der Waals surface area contributed by atoms with E-state index in [9.17, 15) is 9.59 Å². The van der Waals surface area contributed by atoms with Gasteiger partial charge in [0.1, 0.15) is 0 Å². The van der Waals surface area contributed by atoms with Crippen molar-refractivity contribution in [3.8, 4) is 0 Å². The van der Waals surface area contributed by atoms with E-state index in [0.717, 1.165) is 19.3 Å². The average Bonchev–Trinajstić information content (AvgIpc) is 2.61. The number of nitrogens with two attached hydrogens (primary N) is 1. The number of carbonyl (C=O) groups excluding carboxylic acids is 2. The molecular formula is C20H29N3O3. The topological polar surface area (TPSA) is 75.9 Å². The van der Waals surface area contributed by atoms with E-state index in [0.29, 0.717) is 38.6 Å². The van der Waals surface area contributed by atoms with Crippen molar-refractivity contribution in [2.45, 2.75) is 37.7 Å². The lowest BCUT2D eigenvalue weighted by Crippen LogP contribution is -2.50. The Bertz CT molecular complexity index is 649. The standard InChI is InChI=1S/C20H29N3O3/c1-22(14-19(21)24)12-17-13-23(9-10-26-17)20(25)11-16-7-4-6-15-5-2-3-8-18(15)16/h2-3,5,8,16-17H,4,6-7,9-14H2,1H3,(H2,21,24). The van der Waals surface area contributed by atoms with E-state index in [1.807, 2.05) is 16.8 Å². The number of primary amides is 1. The van der Waals surface area contributed by atoms with Crippen molar-refractivity contribution >= 4 is 11.8 Å². The molecule has 2 amide bonds. The maximum Gasteiger partial charge on any atom is 0.231 e. The van der Waals surface area contributed by atoms with Gasteiger partial charge in [0.15, 0.2) is 0 Å². The molecule has 0 bridgehead atoms. The first-order valence-electron chi connectivity index (χ1n) is 9.47. The number of hydrogen-bond donors (Lipinski definition) is 1. The highest BCUT2D eigenvalue weighted by Gasteiger charge is 2.29. The molecular weight excluding hydrogens is 330 g/mol. The molecule has 1 saturated heterocycles. The number of rotatable bonds is 6. The van der Waals surface area contributed by atoms with Crippen LogP contribution in [0.3, 0.4) is 0 Å². The predicted octanol–water partition coefficient (Wildman–Crippen LogP) is 1.14. The van der Waals surface area contributed by atoms with Gasteiger partial charge >= 0.3 is 0 Å². The second-order valence-corrected chi connectivity index (χ2v) is 7.49. The third kappa shape index (κ3) is 4.83. The Morgan fingerprint density at radius 2 is 2.15 bits per heavy atom. The van der Waals surface area contributed by atoms with E-state index < -0.39 is 0 Å². The molecule has 0 saturated carbocycles. The second kappa shape index (κ2) is 8.64. The van der Waals surface area contributed by atoms with Gasteiger partial charge in [0, 0.05) is 26.1 Å². The molecule has 1 aliphatic heterocycles. The van der Waals surface area contributed by atoms with Crippen molar-refractivity contribution in [3.63, 3.8) is 0 Å². The van der Waals surface area contributed by atoms with Gasteiger partial charge in [-0.15, -0.1) is 0 Å². The van der Waals surface area contributed by atoms with Gasteiger partial charge in [-0.3, -0.25) is 14.5 Å². The van der Waals surface area contributed by atoms with E-state index in [2.05, 4.69) is 24.3 Å². The molecule has 2 unspecified atom stereocenters. The first-order chi connectivity index (χ1) is 12.5. The number of fused-ring (bicyclic) bond motifs is 1. The second-order valence-electron chi connectivity index (χ2n) is 7.49. The van der Waals surface area contributed by atoms with E-state index in [1.165, 1.54) is 11.1 Å². The molecule has 2 N–H and O–H groups in total. The van der Waals surface area contributed by atoms with Gasteiger partial charge in [0.2, 0.25) is 11.8 Å². The zero-order chi connectivity index (χ0) is 18.5. The number of benzene rings is 1. The van der Waals surface area contributed by atoms with Crippen molar-refractivity contribution in [1.29, 1.82) is 0 Å². The number of hydrogen-bond acceptors (Lipinski definition) is 4. The van der Waals surface area contributed by atoms with Crippen LogP contribution in [0, 0.1) is 0 Å². The number of carbonyl (C=O) groups is 2. The largest absolute Gasteiger partial charge is 0.373 e. The number of nitrogens with zero attached hydrogens (tertiary/aromatic N) is 2.